The van der Waals surface area contributed by atoms with Gasteiger partial charge in [0.25, 0.3) is 5.56 Å². The van der Waals surface area contributed by atoms with Crippen LogP contribution in [0.4, 0.5) is 0 Å². The topological polar surface area (TPSA) is 83.9 Å². The lowest BCUT2D eigenvalue weighted by molar-refractivity contribution is -0.132. The Morgan fingerprint density at radius 1 is 1.39 bits per heavy atom. The molecule has 1 saturated heterocycles. The van der Waals surface area contributed by atoms with E-state index < -0.39 is 0 Å². The number of carbonyl (C=O) groups is 1. The van der Waals surface area contributed by atoms with E-state index in [9.17, 15) is 9.59 Å². The van der Waals surface area contributed by atoms with Gasteiger partial charge in [-0.1, -0.05) is 6.07 Å². The lowest BCUT2D eigenvalue weighted by Crippen LogP contribution is -2.39. The van der Waals surface area contributed by atoms with E-state index in [4.69, 9.17) is 4.98 Å². The molecular weight excluding hydrogens is 374 g/mol. The number of piperidine rings is 1. The average Bonchev–Trinajstić information content (AvgIpc) is 3.42. The highest BCUT2D eigenvalue weighted by Gasteiger charge is 2.26. The molecule has 1 aliphatic rings. The minimum Gasteiger partial charge on any atom is -0.342 e. The predicted molar refractivity (Wildman–Crippen MR) is 108 cm³/mol. The van der Waals surface area contributed by atoms with Crippen LogP contribution in [0.2, 0.25) is 0 Å². The number of imidazole rings is 1. The van der Waals surface area contributed by atoms with Crippen molar-refractivity contribution in [3.8, 4) is 10.6 Å². The molecule has 3 aromatic heterocycles. The van der Waals surface area contributed by atoms with Crippen LogP contribution in [0.25, 0.3) is 10.6 Å². The summed E-state index contributed by atoms with van der Waals surface area (Å²) in [5, 5.41) is 1.97. The van der Waals surface area contributed by atoms with E-state index in [0.717, 1.165) is 37.2 Å². The molecule has 0 spiro atoms. The monoisotopic (exact) mass is 397 g/mol. The second kappa shape index (κ2) is 8.52. The van der Waals surface area contributed by atoms with Crippen LogP contribution in [-0.2, 0) is 11.3 Å². The molecule has 4 rings (SSSR count). The van der Waals surface area contributed by atoms with Crippen LogP contribution in [0.5, 0.6) is 0 Å². The maximum atomic E-state index is 12.6. The summed E-state index contributed by atoms with van der Waals surface area (Å²) in [4.78, 5) is 39.3. The van der Waals surface area contributed by atoms with Crippen LogP contribution in [-0.4, -0.2) is 43.4 Å². The van der Waals surface area contributed by atoms with Crippen molar-refractivity contribution in [1.29, 1.82) is 0 Å². The number of carbonyl (C=O) groups excluding carboxylic acids is 1. The molecule has 146 valence electrons. The van der Waals surface area contributed by atoms with E-state index >= 15 is 0 Å². The third-order valence-corrected chi connectivity index (χ3v) is 5.95. The van der Waals surface area contributed by atoms with Crippen LogP contribution in [0.3, 0.4) is 0 Å². The molecule has 8 heteroatoms. The standard InChI is InChI=1S/C20H23N5O2S/c26-18-12-16(17-5-3-11-28-17)22-20(23-18)15-4-1-9-25(13-15)19(27)6-2-8-24-10-7-21-14-24/h3,5,7,10-12,14-15H,1-2,4,6,8-9,13H2,(H,22,23,26)/t15-/m1/s1. The minimum atomic E-state index is -0.141. The number of likely N-dealkylation sites (tertiary alicyclic amines) is 1. The summed E-state index contributed by atoms with van der Waals surface area (Å²) in [5.74, 6) is 0.923. The SMILES string of the molecule is O=C(CCCn1ccnc1)N1CCC[C@@H](c2nc(-c3cccs3)cc(=O)[nH]2)C1. The number of rotatable bonds is 6. The molecule has 4 heterocycles. The molecule has 0 radical (unpaired) electrons. The van der Waals surface area contributed by atoms with Gasteiger partial charge in [0.1, 0.15) is 5.82 Å². The number of nitrogens with zero attached hydrogens (tertiary/aromatic N) is 4. The van der Waals surface area contributed by atoms with Crippen molar-refractivity contribution in [3.05, 3.63) is 58.5 Å². The zero-order valence-electron chi connectivity index (χ0n) is 15.6. The Morgan fingerprint density at radius 3 is 3.11 bits per heavy atom. The number of aryl methyl sites for hydroxylation is 1. The summed E-state index contributed by atoms with van der Waals surface area (Å²) in [6, 6.07) is 5.46. The predicted octanol–water partition coefficient (Wildman–Crippen LogP) is 2.88. The number of nitrogens with one attached hydrogen (secondary N) is 1. The summed E-state index contributed by atoms with van der Waals surface area (Å²) in [6.45, 7) is 2.18. The Morgan fingerprint density at radius 2 is 2.32 bits per heavy atom. The molecule has 28 heavy (non-hydrogen) atoms. The second-order valence-electron chi connectivity index (χ2n) is 7.08. The zero-order chi connectivity index (χ0) is 19.3. The quantitative estimate of drug-likeness (QED) is 0.693. The number of H-pyrrole nitrogens is 1. The fourth-order valence-corrected chi connectivity index (χ4v) is 4.32. The summed E-state index contributed by atoms with van der Waals surface area (Å²) >= 11 is 1.57. The first-order chi connectivity index (χ1) is 13.7. The molecule has 0 unspecified atom stereocenters. The number of thiophene rings is 1. The van der Waals surface area contributed by atoms with Gasteiger partial charge in [-0.25, -0.2) is 9.97 Å². The molecule has 1 atom stereocenters. The molecule has 1 amide bonds. The van der Waals surface area contributed by atoms with Crippen molar-refractivity contribution in [3.63, 3.8) is 0 Å². The summed E-state index contributed by atoms with van der Waals surface area (Å²) in [7, 11) is 0. The van der Waals surface area contributed by atoms with E-state index in [1.807, 2.05) is 33.2 Å². The molecule has 0 bridgehead atoms. The highest BCUT2D eigenvalue weighted by molar-refractivity contribution is 7.13. The number of hydrogen-bond acceptors (Lipinski definition) is 5. The summed E-state index contributed by atoms with van der Waals surface area (Å²) in [5.41, 5.74) is 0.565. The molecule has 0 aliphatic carbocycles. The van der Waals surface area contributed by atoms with Gasteiger partial charge in [-0.15, -0.1) is 11.3 Å². The van der Waals surface area contributed by atoms with Gasteiger partial charge in [0.05, 0.1) is 16.9 Å². The normalized spacial score (nSPS) is 17.0. The lowest BCUT2D eigenvalue weighted by Gasteiger charge is -2.32. The maximum absolute atomic E-state index is 12.6. The van der Waals surface area contributed by atoms with Crippen LogP contribution in [0.1, 0.15) is 37.4 Å². The largest absolute Gasteiger partial charge is 0.342 e. The molecule has 0 saturated carbocycles. The van der Waals surface area contributed by atoms with E-state index in [0.29, 0.717) is 24.5 Å². The number of aromatic nitrogens is 4. The fourth-order valence-electron chi connectivity index (χ4n) is 3.64. The van der Waals surface area contributed by atoms with Crippen molar-refractivity contribution < 1.29 is 4.79 Å². The van der Waals surface area contributed by atoms with Crippen LogP contribution >= 0.6 is 11.3 Å². The van der Waals surface area contributed by atoms with Gasteiger partial charge >= 0.3 is 0 Å². The highest BCUT2D eigenvalue weighted by Crippen LogP contribution is 2.27. The lowest BCUT2D eigenvalue weighted by atomic mass is 9.96. The Hall–Kier alpha value is -2.74. The van der Waals surface area contributed by atoms with Crippen LogP contribution in [0.15, 0.2) is 47.1 Å². The molecule has 1 aliphatic heterocycles. The molecule has 1 fully saturated rings. The van der Waals surface area contributed by atoms with Crippen molar-refractivity contribution in [2.24, 2.45) is 0 Å². The summed E-state index contributed by atoms with van der Waals surface area (Å²) < 4.78 is 1.98. The van der Waals surface area contributed by atoms with E-state index in [1.54, 1.807) is 23.9 Å². The smallest absolute Gasteiger partial charge is 0.251 e. The number of hydrogen-bond donors (Lipinski definition) is 1. The molecule has 0 aromatic carbocycles. The maximum Gasteiger partial charge on any atom is 0.251 e. The Bertz CT molecular complexity index is 965. The molecule has 1 N–H and O–H groups in total. The Kier molecular flexibility index (Phi) is 5.66. The van der Waals surface area contributed by atoms with Crippen molar-refractivity contribution in [1.82, 2.24) is 24.4 Å². The van der Waals surface area contributed by atoms with Gasteiger partial charge in [0.2, 0.25) is 5.91 Å². The highest BCUT2D eigenvalue weighted by atomic mass is 32.1. The van der Waals surface area contributed by atoms with Gasteiger partial charge in [-0.3, -0.25) is 9.59 Å². The van der Waals surface area contributed by atoms with E-state index in [-0.39, 0.29) is 17.4 Å². The first-order valence-corrected chi connectivity index (χ1v) is 10.5. The van der Waals surface area contributed by atoms with Gasteiger partial charge < -0.3 is 14.5 Å². The third-order valence-electron chi connectivity index (χ3n) is 5.06. The fraction of sp³-hybridized carbons (Fsp3) is 0.400. The first-order valence-electron chi connectivity index (χ1n) is 9.58. The number of aromatic amines is 1. The average molecular weight is 398 g/mol. The minimum absolute atomic E-state index is 0.0685. The van der Waals surface area contributed by atoms with Crippen molar-refractivity contribution in [2.75, 3.05) is 13.1 Å². The van der Waals surface area contributed by atoms with Crippen LogP contribution in [0, 0.1) is 0 Å². The first kappa shape index (κ1) is 18.6. The third kappa shape index (κ3) is 4.39. The molecular formula is C20H23N5O2S. The number of amides is 1. The van der Waals surface area contributed by atoms with E-state index in [1.165, 1.54) is 6.07 Å². The van der Waals surface area contributed by atoms with Gasteiger partial charge in [-0.2, -0.15) is 0 Å². The summed E-state index contributed by atoms with van der Waals surface area (Å²) in [6.07, 6.45) is 8.58. The van der Waals surface area contributed by atoms with Gasteiger partial charge in [0.15, 0.2) is 0 Å². The van der Waals surface area contributed by atoms with E-state index in [2.05, 4.69) is 9.97 Å². The second-order valence-corrected chi connectivity index (χ2v) is 8.02. The van der Waals surface area contributed by atoms with Gasteiger partial charge in [-0.05, 0) is 30.7 Å². The zero-order valence-corrected chi connectivity index (χ0v) is 16.4. The Balaban J connectivity index is 1.40. The van der Waals surface area contributed by atoms with Crippen LogP contribution < -0.4 is 5.56 Å². The Labute approximate surface area is 167 Å². The van der Waals surface area contributed by atoms with Crippen molar-refractivity contribution >= 4 is 17.2 Å². The molecule has 7 nitrogen and oxygen atoms in total. The molecule has 3 aromatic rings. The van der Waals surface area contributed by atoms with Crippen molar-refractivity contribution in [2.45, 2.75) is 38.1 Å². The van der Waals surface area contributed by atoms with Gasteiger partial charge in [0, 0.05) is 50.4 Å².